The van der Waals surface area contributed by atoms with E-state index in [-0.39, 0.29) is 11.7 Å². The van der Waals surface area contributed by atoms with Crippen molar-refractivity contribution in [2.45, 2.75) is 12.6 Å². The van der Waals surface area contributed by atoms with Gasteiger partial charge in [-0.2, -0.15) is 0 Å². The Kier molecular flexibility index (Phi) is 4.81. The second kappa shape index (κ2) is 8.02. The monoisotopic (exact) mass is 463 g/mol. The summed E-state index contributed by atoms with van der Waals surface area (Å²) in [5.74, 6) is -0.723. The van der Waals surface area contributed by atoms with Crippen LogP contribution in [0.5, 0.6) is 5.75 Å². The van der Waals surface area contributed by atoms with Gasteiger partial charge in [0.1, 0.15) is 17.6 Å². The number of H-pyrrole nitrogens is 1. The number of hydrogen-bond donors (Lipinski definition) is 3. The maximum atomic E-state index is 14.3. The minimum atomic E-state index is -0.696. The predicted octanol–water partition coefficient (Wildman–Crippen LogP) is 6.01. The first-order chi connectivity index (χ1) is 17.0. The lowest BCUT2D eigenvalue weighted by Crippen LogP contribution is -2.30. The number of amides is 1. The van der Waals surface area contributed by atoms with Crippen molar-refractivity contribution in [3.8, 4) is 16.9 Å². The lowest BCUT2D eigenvalue weighted by molar-refractivity contribution is 0.0726. The van der Waals surface area contributed by atoms with Crippen LogP contribution in [0.4, 0.5) is 10.1 Å². The Morgan fingerprint density at radius 2 is 1.69 bits per heavy atom. The van der Waals surface area contributed by atoms with Crippen molar-refractivity contribution in [3.05, 3.63) is 119 Å². The zero-order valence-corrected chi connectivity index (χ0v) is 18.7. The van der Waals surface area contributed by atoms with Crippen LogP contribution in [0.1, 0.15) is 33.2 Å². The number of carbonyl (C=O) groups excluding carboxylic acids is 1. The van der Waals surface area contributed by atoms with Gasteiger partial charge in [-0.3, -0.25) is 4.79 Å². The van der Waals surface area contributed by atoms with Crippen LogP contribution in [-0.2, 0) is 6.54 Å². The quantitative estimate of drug-likeness (QED) is 0.286. The second-order valence-corrected chi connectivity index (χ2v) is 8.84. The van der Waals surface area contributed by atoms with Gasteiger partial charge in [-0.05, 0) is 70.6 Å². The summed E-state index contributed by atoms with van der Waals surface area (Å²) in [5.41, 5.74) is 11.8. The molecule has 1 amide bonds. The summed E-state index contributed by atoms with van der Waals surface area (Å²) in [6, 6.07) is 26.2. The number of aromatic nitrogens is 1. The van der Waals surface area contributed by atoms with Crippen LogP contribution in [0.15, 0.2) is 91.0 Å². The number of anilines is 1. The average molecular weight is 464 g/mol. The third-order valence-corrected chi connectivity index (χ3v) is 6.63. The van der Waals surface area contributed by atoms with E-state index in [4.69, 9.17) is 5.73 Å². The maximum Gasteiger partial charge on any atom is 0.255 e. The lowest BCUT2D eigenvalue weighted by atomic mass is 10.00. The first kappa shape index (κ1) is 21.0. The highest BCUT2D eigenvalue weighted by Gasteiger charge is 2.36. The van der Waals surface area contributed by atoms with E-state index < -0.39 is 11.9 Å². The Hall–Kier alpha value is -4.58. The topological polar surface area (TPSA) is 82.4 Å². The number of nitrogens with two attached hydrogens (primary N) is 1. The number of phenolic OH excluding ortho intramolecular Hbond substituents is 1. The number of aromatic amines is 1. The summed E-state index contributed by atoms with van der Waals surface area (Å²) in [5, 5.41) is 11.7. The van der Waals surface area contributed by atoms with E-state index in [1.807, 2.05) is 72.8 Å². The normalized spacial score (nSPS) is 13.9. The minimum Gasteiger partial charge on any atom is -0.508 e. The molecule has 0 saturated carbocycles. The van der Waals surface area contributed by atoms with Gasteiger partial charge < -0.3 is 20.7 Å². The van der Waals surface area contributed by atoms with Crippen LogP contribution < -0.4 is 5.73 Å². The number of nitrogens with zero attached hydrogens (tertiary/aromatic N) is 1. The van der Waals surface area contributed by atoms with Crippen molar-refractivity contribution in [1.82, 2.24) is 9.88 Å². The standard InChI is InChI=1S/C29H22FN3O2/c30-21-9-12-27(34)24(15-21)28(26-14-19-3-1-2-4-25(19)32-26)33-16-20-6-5-18(13-23(20)29(33)35)17-7-10-22(31)11-8-17/h1-15,28,32,34H,16,31H2. The van der Waals surface area contributed by atoms with Crippen molar-refractivity contribution >= 4 is 22.5 Å². The van der Waals surface area contributed by atoms with Crippen molar-refractivity contribution in [2.24, 2.45) is 0 Å². The largest absolute Gasteiger partial charge is 0.508 e. The average Bonchev–Trinajstić information content (AvgIpc) is 3.43. The van der Waals surface area contributed by atoms with E-state index in [1.165, 1.54) is 18.2 Å². The molecule has 1 unspecified atom stereocenters. The third-order valence-electron chi connectivity index (χ3n) is 6.63. The van der Waals surface area contributed by atoms with E-state index in [9.17, 15) is 14.3 Å². The first-order valence-corrected chi connectivity index (χ1v) is 11.3. The summed E-state index contributed by atoms with van der Waals surface area (Å²) in [6.45, 7) is 0.339. The van der Waals surface area contributed by atoms with Crippen molar-refractivity contribution < 1.29 is 14.3 Å². The molecule has 5 aromatic rings. The van der Waals surface area contributed by atoms with Crippen molar-refractivity contribution in [2.75, 3.05) is 5.73 Å². The molecule has 2 heterocycles. The molecule has 0 spiro atoms. The van der Waals surface area contributed by atoms with Gasteiger partial charge in [0.2, 0.25) is 0 Å². The number of para-hydroxylation sites is 1. The smallest absolute Gasteiger partial charge is 0.255 e. The van der Waals surface area contributed by atoms with Crippen molar-refractivity contribution in [3.63, 3.8) is 0 Å². The minimum absolute atomic E-state index is 0.0682. The van der Waals surface area contributed by atoms with Gasteiger partial charge in [0.15, 0.2) is 0 Å². The number of nitrogens with one attached hydrogen (secondary N) is 1. The molecule has 1 aromatic heterocycles. The second-order valence-electron chi connectivity index (χ2n) is 8.84. The number of fused-ring (bicyclic) bond motifs is 2. The Morgan fingerprint density at radius 3 is 2.49 bits per heavy atom. The molecule has 0 bridgehead atoms. The van der Waals surface area contributed by atoms with E-state index in [0.717, 1.165) is 27.6 Å². The SMILES string of the molecule is Nc1ccc(-c2ccc3c(c2)C(=O)N(C(c2cc4ccccc4[nH]2)c2cc(F)ccc2O)C3)cc1. The van der Waals surface area contributed by atoms with Crippen molar-refractivity contribution in [1.29, 1.82) is 0 Å². The Labute approximate surface area is 201 Å². The Morgan fingerprint density at radius 1 is 0.914 bits per heavy atom. The van der Waals surface area contributed by atoms with E-state index in [0.29, 0.717) is 29.1 Å². The highest BCUT2D eigenvalue weighted by atomic mass is 19.1. The molecule has 1 aliphatic heterocycles. The zero-order chi connectivity index (χ0) is 24.1. The zero-order valence-electron chi connectivity index (χ0n) is 18.7. The number of hydrogen-bond acceptors (Lipinski definition) is 3. The van der Waals surface area contributed by atoms with Crippen LogP contribution >= 0.6 is 0 Å². The molecule has 172 valence electrons. The molecule has 0 saturated heterocycles. The molecule has 0 radical (unpaired) electrons. The lowest BCUT2D eigenvalue weighted by Gasteiger charge is -2.28. The van der Waals surface area contributed by atoms with Crippen LogP contribution in [-0.4, -0.2) is 20.9 Å². The van der Waals surface area contributed by atoms with Crippen LogP contribution in [0, 0.1) is 5.82 Å². The number of rotatable bonds is 4. The molecule has 35 heavy (non-hydrogen) atoms. The number of nitrogen functional groups attached to an aromatic ring is 1. The molecule has 6 rings (SSSR count). The molecule has 0 fully saturated rings. The molecule has 0 aliphatic carbocycles. The fraction of sp³-hybridized carbons (Fsp3) is 0.0690. The Bertz CT molecular complexity index is 1560. The van der Waals surface area contributed by atoms with Gasteiger partial charge in [0, 0.05) is 34.6 Å². The molecule has 4 aromatic carbocycles. The van der Waals surface area contributed by atoms with Gasteiger partial charge in [-0.1, -0.05) is 42.5 Å². The molecule has 5 nitrogen and oxygen atoms in total. The van der Waals surface area contributed by atoms with E-state index in [2.05, 4.69) is 4.98 Å². The highest BCUT2D eigenvalue weighted by Crippen LogP contribution is 2.40. The third kappa shape index (κ3) is 3.60. The number of carbonyl (C=O) groups is 1. The number of benzene rings is 4. The molecule has 1 atom stereocenters. The number of aromatic hydroxyl groups is 1. The van der Waals surface area contributed by atoms with Crippen LogP contribution in [0.3, 0.4) is 0 Å². The van der Waals surface area contributed by atoms with Gasteiger partial charge >= 0.3 is 0 Å². The summed E-state index contributed by atoms with van der Waals surface area (Å²) in [7, 11) is 0. The predicted molar refractivity (Wildman–Crippen MR) is 134 cm³/mol. The maximum absolute atomic E-state index is 14.3. The Balaban J connectivity index is 1.45. The van der Waals surface area contributed by atoms with Crippen LogP contribution in [0.2, 0.25) is 0 Å². The molecule has 4 N–H and O–H groups in total. The van der Waals surface area contributed by atoms with Gasteiger partial charge in [-0.25, -0.2) is 4.39 Å². The molecular formula is C29H22FN3O2. The number of phenols is 1. The summed E-state index contributed by atoms with van der Waals surface area (Å²) >= 11 is 0. The molecule has 1 aliphatic rings. The highest BCUT2D eigenvalue weighted by molar-refractivity contribution is 6.00. The fourth-order valence-corrected chi connectivity index (χ4v) is 4.88. The summed E-state index contributed by atoms with van der Waals surface area (Å²) < 4.78 is 14.3. The summed E-state index contributed by atoms with van der Waals surface area (Å²) in [4.78, 5) is 18.8. The van der Waals surface area contributed by atoms with E-state index in [1.54, 1.807) is 4.90 Å². The van der Waals surface area contributed by atoms with Crippen LogP contribution in [0.25, 0.3) is 22.0 Å². The fourth-order valence-electron chi connectivity index (χ4n) is 4.88. The molecular weight excluding hydrogens is 441 g/mol. The first-order valence-electron chi connectivity index (χ1n) is 11.3. The van der Waals surface area contributed by atoms with E-state index >= 15 is 0 Å². The van der Waals surface area contributed by atoms with Gasteiger partial charge in [0.05, 0.1) is 0 Å². The van der Waals surface area contributed by atoms with Gasteiger partial charge in [0.25, 0.3) is 5.91 Å². The molecule has 6 heteroatoms. The number of halogens is 1. The summed E-state index contributed by atoms with van der Waals surface area (Å²) in [6.07, 6.45) is 0. The van der Waals surface area contributed by atoms with Gasteiger partial charge in [-0.15, -0.1) is 0 Å².